The average molecular weight is 336 g/mol. The van der Waals surface area contributed by atoms with E-state index >= 15 is 0 Å². The fourth-order valence-electron chi connectivity index (χ4n) is 1.87. The Kier molecular flexibility index (Phi) is 8.26. The molecule has 0 saturated carbocycles. The summed E-state index contributed by atoms with van der Waals surface area (Å²) in [7, 11) is 0. The number of alkyl carbamates (subject to hydrolysis) is 1. The Morgan fingerprint density at radius 2 is 1.83 bits per heavy atom. The van der Waals surface area contributed by atoms with Crippen molar-refractivity contribution < 1.29 is 19.1 Å². The predicted octanol–water partition coefficient (Wildman–Crippen LogP) is 2.62. The van der Waals surface area contributed by atoms with E-state index in [4.69, 9.17) is 9.47 Å². The fourth-order valence-corrected chi connectivity index (χ4v) is 1.87. The van der Waals surface area contributed by atoms with Crippen molar-refractivity contribution in [1.82, 2.24) is 10.6 Å². The maximum absolute atomic E-state index is 12.2. The number of hydrogen-bond donors (Lipinski definition) is 2. The minimum absolute atomic E-state index is 0.0731. The Morgan fingerprint density at radius 3 is 2.42 bits per heavy atom. The van der Waals surface area contributed by atoms with Gasteiger partial charge in [0.2, 0.25) is 5.91 Å². The predicted molar refractivity (Wildman–Crippen MR) is 92.6 cm³/mol. The lowest BCUT2D eigenvalue weighted by Gasteiger charge is -2.23. The summed E-state index contributed by atoms with van der Waals surface area (Å²) >= 11 is 0. The molecule has 0 unspecified atom stereocenters. The van der Waals surface area contributed by atoms with E-state index < -0.39 is 17.7 Å². The molecule has 134 valence electrons. The molecule has 0 aliphatic heterocycles. The summed E-state index contributed by atoms with van der Waals surface area (Å²) in [5.41, 5.74) is 0.377. The summed E-state index contributed by atoms with van der Waals surface area (Å²) in [4.78, 5) is 24.1. The minimum Gasteiger partial charge on any atom is -0.444 e. The molecule has 0 aromatic heterocycles. The second-order valence-corrected chi connectivity index (χ2v) is 6.49. The van der Waals surface area contributed by atoms with Crippen LogP contribution in [0, 0.1) is 0 Å². The highest BCUT2D eigenvalue weighted by Crippen LogP contribution is 2.07. The zero-order chi connectivity index (χ0) is 18.0. The van der Waals surface area contributed by atoms with Gasteiger partial charge in [-0.3, -0.25) is 4.79 Å². The molecule has 1 rings (SSSR count). The van der Waals surface area contributed by atoms with Gasteiger partial charge in [-0.2, -0.15) is 0 Å². The van der Waals surface area contributed by atoms with Gasteiger partial charge in [0.25, 0.3) is 0 Å². The third-order valence-corrected chi connectivity index (χ3v) is 2.95. The van der Waals surface area contributed by atoms with E-state index in [2.05, 4.69) is 10.6 Å². The Hall–Kier alpha value is -2.08. The summed E-state index contributed by atoms with van der Waals surface area (Å²) in [6.45, 7) is 8.25. The number of carbonyl (C=O) groups is 2. The monoisotopic (exact) mass is 336 g/mol. The van der Waals surface area contributed by atoms with Crippen LogP contribution in [-0.4, -0.2) is 36.8 Å². The SMILES string of the molecule is CCCNC(=O)[C@H](COCc1ccccc1)NC(=O)OC(C)(C)C. The first-order chi connectivity index (χ1) is 11.3. The molecule has 1 atom stereocenters. The van der Waals surface area contributed by atoms with Gasteiger partial charge in [0.15, 0.2) is 0 Å². The van der Waals surface area contributed by atoms with Crippen LogP contribution < -0.4 is 10.6 Å². The normalized spacial score (nSPS) is 12.3. The summed E-state index contributed by atoms with van der Waals surface area (Å²) in [5.74, 6) is -0.282. The lowest BCUT2D eigenvalue weighted by Crippen LogP contribution is -2.50. The Labute approximate surface area is 143 Å². The Balaban J connectivity index is 2.56. The molecule has 0 bridgehead atoms. The minimum atomic E-state index is -0.796. The topological polar surface area (TPSA) is 76.7 Å². The first kappa shape index (κ1) is 20.0. The van der Waals surface area contributed by atoms with Gasteiger partial charge < -0.3 is 20.1 Å². The lowest BCUT2D eigenvalue weighted by molar-refractivity contribution is -0.124. The zero-order valence-electron chi connectivity index (χ0n) is 14.9. The highest BCUT2D eigenvalue weighted by molar-refractivity contribution is 5.85. The van der Waals surface area contributed by atoms with Crippen LogP contribution in [0.4, 0.5) is 4.79 Å². The highest BCUT2D eigenvalue weighted by Gasteiger charge is 2.24. The van der Waals surface area contributed by atoms with E-state index in [1.54, 1.807) is 20.8 Å². The quantitative estimate of drug-likeness (QED) is 0.765. The van der Waals surface area contributed by atoms with Crippen molar-refractivity contribution in [3.63, 3.8) is 0 Å². The lowest BCUT2D eigenvalue weighted by atomic mass is 10.2. The molecule has 0 fully saturated rings. The fraction of sp³-hybridized carbons (Fsp3) is 0.556. The smallest absolute Gasteiger partial charge is 0.408 e. The number of hydrogen-bond acceptors (Lipinski definition) is 4. The second kappa shape index (κ2) is 9.93. The number of amides is 2. The maximum atomic E-state index is 12.2. The van der Waals surface area contributed by atoms with Crippen LogP contribution in [0.5, 0.6) is 0 Å². The van der Waals surface area contributed by atoms with Crippen LogP contribution in [0.15, 0.2) is 30.3 Å². The Bertz CT molecular complexity index is 512. The molecule has 1 aromatic rings. The molecule has 0 aliphatic rings. The molecule has 0 spiro atoms. The van der Waals surface area contributed by atoms with Gasteiger partial charge in [0, 0.05) is 6.54 Å². The maximum Gasteiger partial charge on any atom is 0.408 e. The molecule has 2 amide bonds. The molecule has 0 saturated heterocycles. The molecule has 2 N–H and O–H groups in total. The third-order valence-electron chi connectivity index (χ3n) is 2.95. The van der Waals surface area contributed by atoms with Crippen molar-refractivity contribution in [2.75, 3.05) is 13.2 Å². The Morgan fingerprint density at radius 1 is 1.17 bits per heavy atom. The molecular weight excluding hydrogens is 308 g/mol. The molecule has 24 heavy (non-hydrogen) atoms. The van der Waals surface area contributed by atoms with Gasteiger partial charge in [-0.05, 0) is 32.8 Å². The van der Waals surface area contributed by atoms with E-state index in [1.807, 2.05) is 37.3 Å². The second-order valence-electron chi connectivity index (χ2n) is 6.49. The van der Waals surface area contributed by atoms with E-state index in [-0.39, 0.29) is 12.5 Å². The van der Waals surface area contributed by atoms with E-state index in [0.717, 1.165) is 12.0 Å². The number of carbonyl (C=O) groups excluding carboxylic acids is 2. The summed E-state index contributed by atoms with van der Waals surface area (Å²) in [6, 6.07) is 8.84. The molecular formula is C18H28N2O4. The number of ether oxygens (including phenoxy) is 2. The molecule has 0 radical (unpaired) electrons. The zero-order valence-corrected chi connectivity index (χ0v) is 14.9. The highest BCUT2D eigenvalue weighted by atomic mass is 16.6. The largest absolute Gasteiger partial charge is 0.444 e. The van der Waals surface area contributed by atoms with Crippen molar-refractivity contribution in [2.24, 2.45) is 0 Å². The summed E-state index contributed by atoms with van der Waals surface area (Å²) in [5, 5.41) is 5.33. The van der Waals surface area contributed by atoms with Crippen molar-refractivity contribution in [3.8, 4) is 0 Å². The van der Waals surface area contributed by atoms with Gasteiger partial charge in [0.1, 0.15) is 11.6 Å². The van der Waals surface area contributed by atoms with Crippen LogP contribution >= 0.6 is 0 Å². The molecule has 6 heteroatoms. The summed E-state index contributed by atoms with van der Waals surface area (Å²) < 4.78 is 10.8. The van der Waals surface area contributed by atoms with E-state index in [9.17, 15) is 9.59 Å². The third kappa shape index (κ3) is 8.53. The standard InChI is InChI=1S/C18H28N2O4/c1-5-11-19-16(21)15(20-17(22)24-18(2,3)4)13-23-12-14-9-7-6-8-10-14/h6-10,15H,5,11-13H2,1-4H3,(H,19,21)(H,20,22)/t15-/m0/s1. The van der Waals surface area contributed by atoms with Crippen molar-refractivity contribution in [2.45, 2.75) is 52.4 Å². The van der Waals surface area contributed by atoms with Crippen LogP contribution in [-0.2, 0) is 20.9 Å². The first-order valence-electron chi connectivity index (χ1n) is 8.20. The van der Waals surface area contributed by atoms with Gasteiger partial charge >= 0.3 is 6.09 Å². The van der Waals surface area contributed by atoms with Crippen LogP contribution in [0.3, 0.4) is 0 Å². The van der Waals surface area contributed by atoms with Gasteiger partial charge in [-0.1, -0.05) is 37.3 Å². The van der Waals surface area contributed by atoms with Crippen LogP contribution in [0.25, 0.3) is 0 Å². The van der Waals surface area contributed by atoms with Gasteiger partial charge in [0.05, 0.1) is 13.2 Å². The van der Waals surface area contributed by atoms with Crippen molar-refractivity contribution >= 4 is 12.0 Å². The number of rotatable bonds is 8. The molecule has 0 aliphatic carbocycles. The van der Waals surface area contributed by atoms with Crippen LogP contribution in [0.2, 0.25) is 0 Å². The molecule has 1 aromatic carbocycles. The van der Waals surface area contributed by atoms with Crippen molar-refractivity contribution in [1.29, 1.82) is 0 Å². The van der Waals surface area contributed by atoms with Gasteiger partial charge in [-0.15, -0.1) is 0 Å². The molecule has 6 nitrogen and oxygen atoms in total. The number of benzene rings is 1. The summed E-state index contributed by atoms with van der Waals surface area (Å²) in [6.07, 6.45) is 0.179. The van der Waals surface area contributed by atoms with Gasteiger partial charge in [-0.25, -0.2) is 4.79 Å². The van der Waals surface area contributed by atoms with Crippen molar-refractivity contribution in [3.05, 3.63) is 35.9 Å². The number of nitrogens with one attached hydrogen (secondary N) is 2. The average Bonchev–Trinajstić information content (AvgIpc) is 2.51. The first-order valence-corrected chi connectivity index (χ1v) is 8.20. The molecule has 0 heterocycles. The van der Waals surface area contributed by atoms with Crippen LogP contribution in [0.1, 0.15) is 39.7 Å². The van der Waals surface area contributed by atoms with E-state index in [1.165, 1.54) is 0 Å². The van der Waals surface area contributed by atoms with E-state index in [0.29, 0.717) is 13.2 Å².